The molecule has 2 fully saturated rings. The summed E-state index contributed by atoms with van der Waals surface area (Å²) in [5.41, 5.74) is 2.11. The molecule has 2 saturated heterocycles. The maximum absolute atomic E-state index is 10.6. The molecule has 4 rings (SSSR count). The first-order valence-electron chi connectivity index (χ1n) is 12.3. The lowest BCUT2D eigenvalue weighted by Gasteiger charge is -2.23. The molecule has 10 nitrogen and oxygen atoms in total. The molecule has 4 N–H and O–H groups in total. The van der Waals surface area contributed by atoms with Gasteiger partial charge in [0.05, 0.1) is 5.69 Å². The van der Waals surface area contributed by atoms with Gasteiger partial charge < -0.3 is 25.7 Å². The van der Waals surface area contributed by atoms with Crippen LogP contribution in [0.1, 0.15) is 44.2 Å². The maximum Gasteiger partial charge on any atom is 0.490 e. The summed E-state index contributed by atoms with van der Waals surface area (Å²) in [7, 11) is 2.01. The number of pyridine rings is 1. The van der Waals surface area contributed by atoms with Crippen molar-refractivity contribution in [1.29, 1.82) is 0 Å². The number of aromatic nitrogens is 3. The number of piperidine rings is 1. The van der Waals surface area contributed by atoms with Crippen LogP contribution in [0.3, 0.4) is 0 Å². The molecule has 0 saturated carbocycles. The second-order valence-electron chi connectivity index (χ2n) is 9.04. The summed E-state index contributed by atoms with van der Waals surface area (Å²) < 4.78 is 65.4. The predicted molar refractivity (Wildman–Crippen MR) is 129 cm³/mol. The Labute approximate surface area is 220 Å². The largest absolute Gasteiger partial charge is 0.490 e. The van der Waals surface area contributed by atoms with Gasteiger partial charge in [0.2, 0.25) is 0 Å². The topological polar surface area (TPSA) is 133 Å². The molecule has 1 atom stereocenters. The highest BCUT2D eigenvalue weighted by molar-refractivity contribution is 5.80. The highest BCUT2D eigenvalue weighted by Gasteiger charge is 2.38. The molecule has 0 amide bonds. The molecule has 2 aromatic rings. The fourth-order valence-corrected chi connectivity index (χ4v) is 4.07. The van der Waals surface area contributed by atoms with Gasteiger partial charge in [-0.15, -0.1) is 0 Å². The van der Waals surface area contributed by atoms with E-state index in [0.717, 1.165) is 49.9 Å². The number of rotatable bonds is 4. The van der Waals surface area contributed by atoms with Gasteiger partial charge in [-0.25, -0.2) is 14.6 Å². The van der Waals surface area contributed by atoms with Gasteiger partial charge in [0.15, 0.2) is 5.65 Å². The molecule has 1 unspecified atom stereocenters. The number of fused-ring (bicyclic) bond motifs is 1. The number of carboxylic acids is 2. The zero-order valence-electron chi connectivity index (χ0n) is 21.3. The lowest BCUT2D eigenvalue weighted by atomic mass is 10.1. The number of carboxylic acid groups (broad SMARTS) is 2. The average Bonchev–Trinajstić information content (AvgIpc) is 3.02. The molecule has 220 valence electrons. The fraction of sp³-hybridized carbons (Fsp3) is 0.652. The number of aliphatic carboxylic acids is 2. The van der Waals surface area contributed by atoms with Crippen molar-refractivity contribution in [3.63, 3.8) is 0 Å². The minimum Gasteiger partial charge on any atom is -0.475 e. The van der Waals surface area contributed by atoms with Crippen LogP contribution in [0.15, 0.2) is 12.1 Å². The molecule has 39 heavy (non-hydrogen) atoms. The van der Waals surface area contributed by atoms with Crippen molar-refractivity contribution >= 4 is 28.8 Å². The van der Waals surface area contributed by atoms with E-state index in [9.17, 15) is 26.3 Å². The number of nitrogens with zero attached hydrogens (tertiary/aromatic N) is 4. The quantitative estimate of drug-likeness (QED) is 0.408. The van der Waals surface area contributed by atoms with E-state index in [1.807, 2.05) is 11.7 Å². The number of anilines is 1. The predicted octanol–water partition coefficient (Wildman–Crippen LogP) is 3.46. The van der Waals surface area contributed by atoms with E-state index in [-0.39, 0.29) is 0 Å². The van der Waals surface area contributed by atoms with Gasteiger partial charge in [-0.1, -0.05) is 12.8 Å². The molecule has 2 aromatic heterocycles. The molecule has 16 heteroatoms. The number of carbonyl (C=O) groups is 2. The standard InChI is InChI=1S/C19H30N6.2C2HF3O2/c1-24-19-16(17(23-24)14-21-15-7-6-10-20-13-15)8-9-18(22-19)25-11-4-2-3-5-12-25;2*3-2(4,5)1(6)7/h8-9,15,20-21H,2-7,10-14H2,1H3;2*(H,6,7). The number of aryl methyl sites for hydroxylation is 1. The molecule has 0 aromatic carbocycles. The van der Waals surface area contributed by atoms with Crippen molar-refractivity contribution < 1.29 is 46.1 Å². The fourth-order valence-electron chi connectivity index (χ4n) is 4.07. The molecule has 0 radical (unpaired) electrons. The molecule has 4 heterocycles. The molecular weight excluding hydrogens is 538 g/mol. The van der Waals surface area contributed by atoms with E-state index >= 15 is 0 Å². The van der Waals surface area contributed by atoms with Crippen LogP contribution in [0.2, 0.25) is 0 Å². The van der Waals surface area contributed by atoms with Crippen LogP contribution in [0.4, 0.5) is 32.2 Å². The van der Waals surface area contributed by atoms with E-state index < -0.39 is 24.3 Å². The zero-order valence-corrected chi connectivity index (χ0v) is 21.3. The Kier molecular flexibility index (Phi) is 11.8. The number of nitrogens with one attached hydrogen (secondary N) is 2. The molecule has 0 spiro atoms. The first-order chi connectivity index (χ1) is 18.2. The SMILES string of the molecule is Cn1nc(CNC2CCCNC2)c2ccc(N3CCCCCC3)nc21.O=C(O)C(F)(F)F.O=C(O)C(F)(F)F. The molecule has 2 aliphatic rings. The van der Waals surface area contributed by atoms with Gasteiger partial charge >= 0.3 is 24.3 Å². The molecule has 2 aliphatic heterocycles. The summed E-state index contributed by atoms with van der Waals surface area (Å²) in [6, 6.07) is 4.95. The van der Waals surface area contributed by atoms with Crippen LogP contribution in [-0.2, 0) is 23.2 Å². The van der Waals surface area contributed by atoms with Crippen LogP contribution >= 0.6 is 0 Å². The third-order valence-corrected chi connectivity index (χ3v) is 6.02. The van der Waals surface area contributed by atoms with Crippen LogP contribution in [-0.4, -0.2) is 81.5 Å². The number of halogens is 6. The third-order valence-electron chi connectivity index (χ3n) is 6.02. The van der Waals surface area contributed by atoms with Crippen LogP contribution < -0.4 is 15.5 Å². The lowest BCUT2D eigenvalue weighted by Crippen LogP contribution is -2.42. The summed E-state index contributed by atoms with van der Waals surface area (Å²) in [4.78, 5) is 25.2. The van der Waals surface area contributed by atoms with Crippen LogP contribution in [0, 0.1) is 0 Å². The summed E-state index contributed by atoms with van der Waals surface area (Å²) in [6.45, 7) is 5.27. The number of alkyl halides is 6. The van der Waals surface area contributed by atoms with Crippen molar-refractivity contribution in [2.24, 2.45) is 7.05 Å². The van der Waals surface area contributed by atoms with E-state index in [2.05, 4.69) is 27.7 Å². The Balaban J connectivity index is 0.000000317. The summed E-state index contributed by atoms with van der Waals surface area (Å²) in [5.74, 6) is -4.41. The summed E-state index contributed by atoms with van der Waals surface area (Å²) in [6.07, 6.45) is -2.44. The van der Waals surface area contributed by atoms with Crippen molar-refractivity contribution in [3.8, 4) is 0 Å². The summed E-state index contributed by atoms with van der Waals surface area (Å²) >= 11 is 0. The maximum atomic E-state index is 10.6. The van der Waals surface area contributed by atoms with Crippen LogP contribution in [0.5, 0.6) is 0 Å². The normalized spacial score (nSPS) is 18.3. The van der Waals surface area contributed by atoms with Crippen LogP contribution in [0.25, 0.3) is 11.0 Å². The highest BCUT2D eigenvalue weighted by Crippen LogP contribution is 2.23. The Bertz CT molecular complexity index is 1050. The Morgan fingerprint density at radius 1 is 1.00 bits per heavy atom. The molecule has 0 aliphatic carbocycles. The zero-order chi connectivity index (χ0) is 29.2. The van der Waals surface area contributed by atoms with Crippen molar-refractivity contribution in [3.05, 3.63) is 17.8 Å². The number of hydrogen-bond donors (Lipinski definition) is 4. The minimum absolute atomic E-state index is 0.551. The third kappa shape index (κ3) is 10.5. The second-order valence-corrected chi connectivity index (χ2v) is 9.04. The van der Waals surface area contributed by atoms with Gasteiger partial charge in [0, 0.05) is 44.7 Å². The van der Waals surface area contributed by atoms with Gasteiger partial charge in [-0.3, -0.25) is 4.68 Å². The molecular formula is C23H32F6N6O4. The first kappa shape index (κ1) is 32.1. The van der Waals surface area contributed by atoms with Crippen molar-refractivity contribution in [2.75, 3.05) is 31.1 Å². The van der Waals surface area contributed by atoms with E-state index in [1.54, 1.807) is 0 Å². The van der Waals surface area contributed by atoms with E-state index in [4.69, 9.17) is 29.9 Å². The van der Waals surface area contributed by atoms with E-state index in [0.29, 0.717) is 6.04 Å². The first-order valence-corrected chi connectivity index (χ1v) is 12.3. The summed E-state index contributed by atoms with van der Waals surface area (Å²) in [5, 5.41) is 27.3. The second kappa shape index (κ2) is 14.3. The Hall–Kier alpha value is -3.14. The monoisotopic (exact) mass is 570 g/mol. The highest BCUT2D eigenvalue weighted by atomic mass is 19.4. The van der Waals surface area contributed by atoms with Gasteiger partial charge in [-0.2, -0.15) is 31.4 Å². The minimum atomic E-state index is -5.08. The van der Waals surface area contributed by atoms with Gasteiger partial charge in [0.25, 0.3) is 0 Å². The average molecular weight is 571 g/mol. The Morgan fingerprint density at radius 2 is 1.56 bits per heavy atom. The van der Waals surface area contributed by atoms with Crippen molar-refractivity contribution in [2.45, 2.75) is 63.5 Å². The van der Waals surface area contributed by atoms with E-state index in [1.165, 1.54) is 43.9 Å². The molecule has 0 bridgehead atoms. The number of hydrogen-bond acceptors (Lipinski definition) is 7. The van der Waals surface area contributed by atoms with Crippen molar-refractivity contribution in [1.82, 2.24) is 25.4 Å². The Morgan fingerprint density at radius 3 is 2.05 bits per heavy atom. The van der Waals surface area contributed by atoms with Gasteiger partial charge in [0.1, 0.15) is 5.82 Å². The lowest BCUT2D eigenvalue weighted by molar-refractivity contribution is -0.193. The smallest absolute Gasteiger partial charge is 0.475 e. The van der Waals surface area contributed by atoms with Gasteiger partial charge in [-0.05, 0) is 44.4 Å².